The Bertz CT molecular complexity index is 1070. The zero-order chi connectivity index (χ0) is 19.4. The van der Waals surface area contributed by atoms with Gasteiger partial charge in [-0.3, -0.25) is 4.79 Å². The Morgan fingerprint density at radius 3 is 2.15 bits per heavy atom. The molecule has 7 heteroatoms. The third kappa shape index (κ3) is 4.21. The van der Waals surface area contributed by atoms with Gasteiger partial charge in [-0.15, -0.1) is 0 Å². The van der Waals surface area contributed by atoms with Crippen LogP contribution in [0.1, 0.15) is 10.4 Å². The second-order valence-corrected chi connectivity index (χ2v) is 7.63. The van der Waals surface area contributed by atoms with Gasteiger partial charge in [0.15, 0.2) is 0 Å². The van der Waals surface area contributed by atoms with Gasteiger partial charge < -0.3 is 5.32 Å². The minimum Gasteiger partial charge on any atom is -0.322 e. The topological polar surface area (TPSA) is 75.3 Å². The highest BCUT2D eigenvalue weighted by molar-refractivity contribution is 7.89. The van der Waals surface area contributed by atoms with E-state index in [0.29, 0.717) is 11.3 Å². The Balaban J connectivity index is 1.78. The molecule has 0 aromatic heterocycles. The van der Waals surface area contributed by atoms with Crippen molar-refractivity contribution >= 4 is 21.6 Å². The monoisotopic (exact) mass is 384 g/mol. The summed E-state index contributed by atoms with van der Waals surface area (Å²) in [6, 6.07) is 19.3. The molecule has 2 N–H and O–H groups in total. The number of halogens is 1. The van der Waals surface area contributed by atoms with Crippen molar-refractivity contribution in [3.8, 4) is 11.1 Å². The third-order valence-electron chi connectivity index (χ3n) is 4.01. The molecule has 0 atom stereocenters. The van der Waals surface area contributed by atoms with Crippen molar-refractivity contribution in [2.45, 2.75) is 4.90 Å². The number of hydrogen-bond donors (Lipinski definition) is 2. The van der Waals surface area contributed by atoms with Crippen molar-refractivity contribution in [1.29, 1.82) is 0 Å². The number of hydrogen-bond acceptors (Lipinski definition) is 3. The summed E-state index contributed by atoms with van der Waals surface area (Å²) in [5.74, 6) is -1.25. The van der Waals surface area contributed by atoms with Crippen molar-refractivity contribution in [1.82, 2.24) is 4.72 Å². The van der Waals surface area contributed by atoms with E-state index in [1.165, 1.54) is 43.4 Å². The molecule has 3 rings (SSSR count). The first-order valence-corrected chi connectivity index (χ1v) is 9.59. The van der Waals surface area contributed by atoms with Crippen molar-refractivity contribution in [2.24, 2.45) is 0 Å². The van der Waals surface area contributed by atoms with Crippen LogP contribution in [-0.4, -0.2) is 21.4 Å². The molecular formula is C20H17FN2O3S. The maximum Gasteiger partial charge on any atom is 0.258 e. The van der Waals surface area contributed by atoms with Crippen molar-refractivity contribution in [3.05, 3.63) is 84.2 Å². The molecular weight excluding hydrogens is 367 g/mol. The second-order valence-electron chi connectivity index (χ2n) is 5.75. The highest BCUT2D eigenvalue weighted by Gasteiger charge is 2.14. The summed E-state index contributed by atoms with van der Waals surface area (Å²) in [7, 11) is -2.24. The molecule has 0 aliphatic carbocycles. The van der Waals surface area contributed by atoms with Gasteiger partial charge >= 0.3 is 0 Å². The highest BCUT2D eigenvalue weighted by atomic mass is 32.2. The number of carbonyl (C=O) groups is 1. The minimum atomic E-state index is -3.56. The Labute approximate surface area is 156 Å². The molecule has 27 heavy (non-hydrogen) atoms. The van der Waals surface area contributed by atoms with Gasteiger partial charge in [-0.1, -0.05) is 36.4 Å². The van der Waals surface area contributed by atoms with E-state index in [2.05, 4.69) is 10.0 Å². The number of carbonyl (C=O) groups excluding carboxylic acids is 1. The molecule has 0 saturated carbocycles. The Morgan fingerprint density at radius 1 is 0.889 bits per heavy atom. The molecule has 0 heterocycles. The molecule has 0 aliphatic heterocycles. The van der Waals surface area contributed by atoms with E-state index in [4.69, 9.17) is 0 Å². The Hall–Kier alpha value is -3.03. The lowest BCUT2D eigenvalue weighted by Crippen LogP contribution is -2.18. The predicted octanol–water partition coefficient (Wildman–Crippen LogP) is 3.65. The molecule has 0 unspecified atom stereocenters. The molecule has 0 radical (unpaired) electrons. The second kappa shape index (κ2) is 7.69. The molecule has 3 aromatic carbocycles. The number of sulfonamides is 1. The number of benzene rings is 3. The molecule has 0 spiro atoms. The molecule has 0 bridgehead atoms. The largest absolute Gasteiger partial charge is 0.322 e. The molecule has 3 aromatic rings. The van der Waals surface area contributed by atoms with Crippen LogP contribution in [0.5, 0.6) is 0 Å². The van der Waals surface area contributed by atoms with E-state index in [0.717, 1.165) is 5.56 Å². The molecule has 0 fully saturated rings. The zero-order valence-corrected chi connectivity index (χ0v) is 15.3. The van der Waals surface area contributed by atoms with E-state index in [-0.39, 0.29) is 10.5 Å². The SMILES string of the molecule is CNS(=O)(=O)c1ccc(NC(=O)c2ccc(-c3ccccc3)cc2F)cc1. The van der Waals surface area contributed by atoms with E-state index in [1.807, 2.05) is 30.3 Å². The van der Waals surface area contributed by atoms with Crippen molar-refractivity contribution < 1.29 is 17.6 Å². The van der Waals surface area contributed by atoms with Gasteiger partial charge in [0.05, 0.1) is 10.5 Å². The summed E-state index contributed by atoms with van der Waals surface area (Å²) in [6.07, 6.45) is 0. The number of anilines is 1. The summed E-state index contributed by atoms with van der Waals surface area (Å²) in [5.41, 5.74) is 1.79. The lowest BCUT2D eigenvalue weighted by atomic mass is 10.0. The lowest BCUT2D eigenvalue weighted by Gasteiger charge is -2.09. The first-order valence-electron chi connectivity index (χ1n) is 8.10. The van der Waals surface area contributed by atoms with Crippen LogP contribution < -0.4 is 10.0 Å². The molecule has 0 aliphatic rings. The van der Waals surface area contributed by atoms with Crippen LogP contribution in [0.3, 0.4) is 0 Å². The number of rotatable bonds is 5. The van der Waals surface area contributed by atoms with Crippen LogP contribution in [0.15, 0.2) is 77.7 Å². The normalized spacial score (nSPS) is 11.2. The molecule has 1 amide bonds. The maximum absolute atomic E-state index is 14.4. The van der Waals surface area contributed by atoms with Crippen LogP contribution >= 0.6 is 0 Å². The van der Waals surface area contributed by atoms with Crippen LogP contribution in [0.2, 0.25) is 0 Å². The first kappa shape index (κ1) is 18.8. The fourth-order valence-electron chi connectivity index (χ4n) is 2.54. The van der Waals surface area contributed by atoms with E-state index >= 15 is 0 Å². The van der Waals surface area contributed by atoms with Gasteiger partial charge in [0.2, 0.25) is 10.0 Å². The predicted molar refractivity (Wildman–Crippen MR) is 102 cm³/mol. The molecule has 138 valence electrons. The Morgan fingerprint density at radius 2 is 1.56 bits per heavy atom. The van der Waals surface area contributed by atoms with Gasteiger partial charge in [-0.25, -0.2) is 17.5 Å². The summed E-state index contributed by atoms with van der Waals surface area (Å²) in [4.78, 5) is 12.4. The van der Waals surface area contributed by atoms with Gasteiger partial charge in [0.25, 0.3) is 5.91 Å². The quantitative estimate of drug-likeness (QED) is 0.705. The summed E-state index contributed by atoms with van der Waals surface area (Å²) >= 11 is 0. The fourth-order valence-corrected chi connectivity index (χ4v) is 3.27. The van der Waals surface area contributed by atoms with Gasteiger partial charge in [-0.05, 0) is 54.6 Å². The fraction of sp³-hybridized carbons (Fsp3) is 0.0500. The number of nitrogens with one attached hydrogen (secondary N) is 2. The average molecular weight is 384 g/mol. The van der Waals surface area contributed by atoms with Gasteiger partial charge in [0, 0.05) is 5.69 Å². The van der Waals surface area contributed by atoms with Crippen LogP contribution in [0.25, 0.3) is 11.1 Å². The van der Waals surface area contributed by atoms with E-state index in [9.17, 15) is 17.6 Å². The van der Waals surface area contributed by atoms with E-state index < -0.39 is 21.7 Å². The Kier molecular flexibility index (Phi) is 5.34. The summed E-state index contributed by atoms with van der Waals surface area (Å²) < 4.78 is 40.0. The minimum absolute atomic E-state index is 0.0707. The third-order valence-corrected chi connectivity index (χ3v) is 5.44. The number of amides is 1. The standard InChI is InChI=1S/C20H17FN2O3S/c1-22-27(25,26)17-10-8-16(9-11-17)23-20(24)18-12-7-15(13-19(18)21)14-5-3-2-4-6-14/h2-13,22H,1H3,(H,23,24). The van der Waals surface area contributed by atoms with Crippen LogP contribution in [0, 0.1) is 5.82 Å². The average Bonchev–Trinajstić information content (AvgIpc) is 2.69. The smallest absolute Gasteiger partial charge is 0.258 e. The van der Waals surface area contributed by atoms with Crippen LogP contribution in [0.4, 0.5) is 10.1 Å². The van der Waals surface area contributed by atoms with Crippen molar-refractivity contribution in [3.63, 3.8) is 0 Å². The van der Waals surface area contributed by atoms with Gasteiger partial charge in [0.1, 0.15) is 5.82 Å². The summed E-state index contributed by atoms with van der Waals surface area (Å²) in [5, 5.41) is 2.56. The first-order chi connectivity index (χ1) is 12.9. The van der Waals surface area contributed by atoms with Crippen molar-refractivity contribution in [2.75, 3.05) is 12.4 Å². The van der Waals surface area contributed by atoms with Gasteiger partial charge in [-0.2, -0.15) is 0 Å². The van der Waals surface area contributed by atoms with Crippen LogP contribution in [-0.2, 0) is 10.0 Å². The summed E-state index contributed by atoms with van der Waals surface area (Å²) in [6.45, 7) is 0. The zero-order valence-electron chi connectivity index (χ0n) is 14.4. The highest BCUT2D eigenvalue weighted by Crippen LogP contribution is 2.22. The maximum atomic E-state index is 14.4. The van der Waals surface area contributed by atoms with E-state index in [1.54, 1.807) is 6.07 Å². The lowest BCUT2D eigenvalue weighted by molar-refractivity contribution is 0.102. The molecule has 5 nitrogen and oxygen atoms in total. The molecule has 0 saturated heterocycles.